The van der Waals surface area contributed by atoms with Gasteiger partial charge in [0.05, 0.1) is 30.1 Å². The van der Waals surface area contributed by atoms with Crippen LogP contribution >= 0.6 is 0 Å². The van der Waals surface area contributed by atoms with Crippen molar-refractivity contribution in [2.24, 2.45) is 11.7 Å². The van der Waals surface area contributed by atoms with E-state index in [2.05, 4.69) is 25.4 Å². The van der Waals surface area contributed by atoms with Gasteiger partial charge in [-0.2, -0.15) is 10.1 Å². The van der Waals surface area contributed by atoms with E-state index in [0.29, 0.717) is 31.3 Å². The SMILES string of the molecule is CCn1cc(Nc2ncnc(C3CCC(O[C@H]4CCN(C(=O)CO)C[C@H]4F)C(CN)C3)n2)c(C)n1. The molecule has 4 N–H and O–H groups in total. The van der Waals surface area contributed by atoms with Gasteiger partial charge in [0.1, 0.15) is 24.9 Å². The summed E-state index contributed by atoms with van der Waals surface area (Å²) in [5.41, 5.74) is 7.81. The van der Waals surface area contributed by atoms with Crippen LogP contribution in [0.3, 0.4) is 0 Å². The van der Waals surface area contributed by atoms with Crippen LogP contribution in [0.1, 0.15) is 50.0 Å². The van der Waals surface area contributed by atoms with Gasteiger partial charge < -0.3 is 25.8 Å². The molecule has 1 saturated heterocycles. The summed E-state index contributed by atoms with van der Waals surface area (Å²) < 4.78 is 22.8. The number of carbonyl (C=O) groups excluding carboxylic acids is 1. The number of aryl methyl sites for hydroxylation is 2. The minimum Gasteiger partial charge on any atom is -0.387 e. The number of aliphatic hydroxyl groups excluding tert-OH is 1. The van der Waals surface area contributed by atoms with Crippen LogP contribution in [0.5, 0.6) is 0 Å². The van der Waals surface area contributed by atoms with E-state index in [1.165, 1.54) is 11.2 Å². The van der Waals surface area contributed by atoms with E-state index in [1.807, 2.05) is 24.7 Å². The number of anilines is 2. The molecule has 5 atom stereocenters. The number of hydrogen-bond donors (Lipinski definition) is 3. The highest BCUT2D eigenvalue weighted by atomic mass is 19.1. The smallest absolute Gasteiger partial charge is 0.248 e. The lowest BCUT2D eigenvalue weighted by molar-refractivity contribution is -0.145. The second-order valence-electron chi connectivity index (χ2n) is 9.30. The van der Waals surface area contributed by atoms with Crippen molar-refractivity contribution >= 4 is 17.5 Å². The third-order valence-electron chi connectivity index (χ3n) is 7.01. The first-order valence-corrected chi connectivity index (χ1v) is 12.3. The van der Waals surface area contributed by atoms with Crippen molar-refractivity contribution in [3.63, 3.8) is 0 Å². The minimum absolute atomic E-state index is 0.0516. The molecule has 0 spiro atoms. The second kappa shape index (κ2) is 11.4. The molecule has 1 saturated carbocycles. The Labute approximate surface area is 204 Å². The number of nitrogens with zero attached hydrogens (tertiary/aromatic N) is 6. The number of ether oxygens (including phenoxy) is 1. The highest BCUT2D eigenvalue weighted by Gasteiger charge is 2.38. The maximum absolute atomic E-state index is 14.7. The van der Waals surface area contributed by atoms with Crippen molar-refractivity contribution in [3.8, 4) is 0 Å². The van der Waals surface area contributed by atoms with Gasteiger partial charge in [0, 0.05) is 25.2 Å². The Bertz CT molecular complexity index is 1000. The van der Waals surface area contributed by atoms with Gasteiger partial charge >= 0.3 is 0 Å². The van der Waals surface area contributed by atoms with Crippen LogP contribution in [0.4, 0.5) is 16.0 Å². The lowest BCUT2D eigenvalue weighted by Crippen LogP contribution is -2.51. The minimum atomic E-state index is -1.28. The summed E-state index contributed by atoms with van der Waals surface area (Å²) in [7, 11) is 0. The highest BCUT2D eigenvalue weighted by Crippen LogP contribution is 2.37. The van der Waals surface area contributed by atoms with Crippen LogP contribution in [-0.4, -0.2) is 85.3 Å². The number of piperidine rings is 1. The predicted molar refractivity (Wildman–Crippen MR) is 127 cm³/mol. The maximum Gasteiger partial charge on any atom is 0.248 e. The van der Waals surface area contributed by atoms with Crippen molar-refractivity contribution in [2.45, 2.75) is 70.4 Å². The van der Waals surface area contributed by atoms with E-state index in [0.717, 1.165) is 37.2 Å². The fraction of sp³-hybridized carbons (Fsp3) is 0.696. The first-order chi connectivity index (χ1) is 16.9. The van der Waals surface area contributed by atoms with Crippen LogP contribution in [0.15, 0.2) is 12.5 Å². The van der Waals surface area contributed by atoms with Crippen LogP contribution in [0.2, 0.25) is 0 Å². The molecule has 192 valence electrons. The normalized spacial score (nSPS) is 27.1. The molecule has 0 aromatic carbocycles. The van der Waals surface area contributed by atoms with Crippen LogP contribution < -0.4 is 11.1 Å². The molecule has 2 aliphatic rings. The summed E-state index contributed by atoms with van der Waals surface area (Å²) >= 11 is 0. The molecular formula is C23H35FN8O3. The number of amides is 1. The summed E-state index contributed by atoms with van der Waals surface area (Å²) in [4.78, 5) is 26.4. The highest BCUT2D eigenvalue weighted by molar-refractivity contribution is 5.77. The number of nitrogens with two attached hydrogens (primary N) is 1. The maximum atomic E-state index is 14.7. The topological polar surface area (TPSA) is 144 Å². The molecule has 1 aliphatic heterocycles. The summed E-state index contributed by atoms with van der Waals surface area (Å²) in [5.74, 6) is 0.889. The molecule has 1 aliphatic carbocycles. The molecule has 11 nitrogen and oxygen atoms in total. The van der Waals surface area contributed by atoms with Gasteiger partial charge in [-0.1, -0.05) is 0 Å². The third kappa shape index (κ3) is 5.93. The second-order valence-corrected chi connectivity index (χ2v) is 9.30. The van der Waals surface area contributed by atoms with Gasteiger partial charge in [-0.05, 0) is 52.0 Å². The van der Waals surface area contributed by atoms with Gasteiger partial charge in [0.15, 0.2) is 0 Å². The fourth-order valence-corrected chi connectivity index (χ4v) is 4.97. The number of carbonyl (C=O) groups is 1. The molecular weight excluding hydrogens is 455 g/mol. The summed E-state index contributed by atoms with van der Waals surface area (Å²) in [6.07, 6.45) is 4.11. The zero-order valence-corrected chi connectivity index (χ0v) is 20.3. The molecule has 3 heterocycles. The lowest BCUT2D eigenvalue weighted by atomic mass is 9.78. The average molecular weight is 491 g/mol. The number of aliphatic hydroxyl groups is 1. The largest absolute Gasteiger partial charge is 0.387 e. The third-order valence-corrected chi connectivity index (χ3v) is 7.01. The molecule has 0 bridgehead atoms. The van der Waals surface area contributed by atoms with Crippen molar-refractivity contribution in [1.82, 2.24) is 29.6 Å². The molecule has 1 amide bonds. The standard InChI is InChI=1S/C23H35FN8O3/c1-3-32-11-18(14(2)30-32)28-23-27-13-26-22(29-23)15-4-5-19(16(8-15)9-25)35-20-6-7-31(10-17(20)24)21(34)12-33/h11,13,15-17,19-20,33H,3-10,12,25H2,1-2H3,(H,26,27,28,29)/t15?,16?,17-,19?,20+/m1/s1. The van der Waals surface area contributed by atoms with E-state index < -0.39 is 24.8 Å². The average Bonchev–Trinajstić information content (AvgIpc) is 3.24. The van der Waals surface area contributed by atoms with Crippen molar-refractivity contribution in [3.05, 3.63) is 24.0 Å². The Balaban J connectivity index is 1.36. The Morgan fingerprint density at radius 1 is 1.31 bits per heavy atom. The molecule has 2 fully saturated rings. The van der Waals surface area contributed by atoms with Gasteiger partial charge in [-0.3, -0.25) is 9.48 Å². The number of rotatable bonds is 8. The summed E-state index contributed by atoms with van der Waals surface area (Å²) in [6.45, 7) is 4.88. The number of hydrogen-bond acceptors (Lipinski definition) is 9. The van der Waals surface area contributed by atoms with Crippen LogP contribution in [-0.2, 0) is 16.1 Å². The number of aromatic nitrogens is 5. The van der Waals surface area contributed by atoms with Gasteiger partial charge in [0.2, 0.25) is 11.9 Å². The fourth-order valence-electron chi connectivity index (χ4n) is 4.97. The number of halogens is 1. The van der Waals surface area contributed by atoms with Gasteiger partial charge in [-0.15, -0.1) is 0 Å². The molecule has 2 aromatic heterocycles. The molecule has 4 rings (SSSR count). The van der Waals surface area contributed by atoms with E-state index in [9.17, 15) is 9.18 Å². The quantitative estimate of drug-likeness (QED) is 0.498. The van der Waals surface area contributed by atoms with E-state index >= 15 is 0 Å². The monoisotopic (exact) mass is 490 g/mol. The molecule has 12 heteroatoms. The number of likely N-dealkylation sites (tertiary alicyclic amines) is 1. The molecule has 0 radical (unpaired) electrons. The van der Waals surface area contributed by atoms with Crippen LogP contribution in [0, 0.1) is 12.8 Å². The lowest BCUT2D eigenvalue weighted by Gasteiger charge is -2.40. The Morgan fingerprint density at radius 2 is 2.14 bits per heavy atom. The van der Waals surface area contributed by atoms with E-state index in [-0.39, 0.29) is 24.5 Å². The number of alkyl halides is 1. The summed E-state index contributed by atoms with van der Waals surface area (Å²) in [5, 5.41) is 16.7. The van der Waals surface area contributed by atoms with Crippen molar-refractivity contribution in [2.75, 3.05) is 31.6 Å². The first kappa shape index (κ1) is 25.4. The first-order valence-electron chi connectivity index (χ1n) is 12.3. The van der Waals surface area contributed by atoms with Crippen molar-refractivity contribution in [1.29, 1.82) is 0 Å². The Morgan fingerprint density at radius 3 is 2.83 bits per heavy atom. The predicted octanol–water partition coefficient (Wildman–Crippen LogP) is 1.30. The summed E-state index contributed by atoms with van der Waals surface area (Å²) in [6, 6.07) is 0. The molecule has 3 unspecified atom stereocenters. The van der Waals surface area contributed by atoms with E-state index in [4.69, 9.17) is 15.6 Å². The molecule has 2 aromatic rings. The number of nitrogens with one attached hydrogen (secondary N) is 1. The van der Waals surface area contributed by atoms with Crippen molar-refractivity contribution < 1.29 is 19.0 Å². The van der Waals surface area contributed by atoms with E-state index in [1.54, 1.807) is 0 Å². The zero-order valence-electron chi connectivity index (χ0n) is 20.3. The Hall–Kier alpha value is -2.70. The zero-order chi connectivity index (χ0) is 24.9. The Kier molecular flexibility index (Phi) is 8.24. The van der Waals surface area contributed by atoms with Crippen LogP contribution in [0.25, 0.3) is 0 Å². The molecule has 35 heavy (non-hydrogen) atoms. The van der Waals surface area contributed by atoms with Gasteiger partial charge in [0.25, 0.3) is 0 Å². The van der Waals surface area contributed by atoms with Gasteiger partial charge in [-0.25, -0.2) is 14.4 Å².